The molecule has 0 radical (unpaired) electrons. The van der Waals surface area contributed by atoms with Gasteiger partial charge in [-0.25, -0.2) is 0 Å². The van der Waals surface area contributed by atoms with Gasteiger partial charge in [0, 0.05) is 11.3 Å². The van der Waals surface area contributed by atoms with E-state index >= 15 is 0 Å². The Morgan fingerprint density at radius 1 is 1.26 bits per heavy atom. The molecule has 4 nitrogen and oxygen atoms in total. The fourth-order valence-electron chi connectivity index (χ4n) is 1.97. The number of carbonyl (C=O) groups is 1. The van der Waals surface area contributed by atoms with E-state index in [1.807, 2.05) is 24.3 Å². The van der Waals surface area contributed by atoms with Crippen LogP contribution < -0.4 is 10.5 Å². The molecular weight excluding hydrogens is 242 g/mol. The molecule has 3 N–H and O–H groups in total. The van der Waals surface area contributed by atoms with E-state index < -0.39 is 5.97 Å². The summed E-state index contributed by atoms with van der Waals surface area (Å²) in [4.78, 5) is 10.8. The monoisotopic (exact) mass is 257 g/mol. The Hall–Kier alpha value is -2.49. The normalized spacial score (nSPS) is 10.2. The smallest absolute Gasteiger partial charge is 0.307 e. The predicted octanol–water partition coefficient (Wildman–Crippen LogP) is 2.57. The van der Waals surface area contributed by atoms with Crippen LogP contribution in [-0.2, 0) is 11.2 Å². The molecule has 2 aromatic carbocycles. The largest absolute Gasteiger partial charge is 0.496 e. The second kappa shape index (κ2) is 5.44. The Bertz CT molecular complexity index is 608. The van der Waals surface area contributed by atoms with E-state index in [0.717, 1.165) is 16.7 Å². The molecule has 4 heteroatoms. The van der Waals surface area contributed by atoms with Gasteiger partial charge in [-0.05, 0) is 35.4 Å². The number of carboxylic acids is 1. The standard InChI is InChI=1S/C15H15NO3/c1-19-14-6-5-10(8-15(17)18)7-13(14)11-3-2-4-12(16)9-11/h2-7,9H,8,16H2,1H3,(H,17,18). The Kier molecular flexibility index (Phi) is 3.71. The van der Waals surface area contributed by atoms with Crippen LogP contribution in [0.1, 0.15) is 5.56 Å². The first kappa shape index (κ1) is 13.0. The second-order valence-corrected chi connectivity index (χ2v) is 4.23. The van der Waals surface area contributed by atoms with E-state index in [0.29, 0.717) is 11.4 Å². The lowest BCUT2D eigenvalue weighted by Gasteiger charge is -2.11. The van der Waals surface area contributed by atoms with Crippen molar-refractivity contribution in [3.05, 3.63) is 48.0 Å². The Labute approximate surface area is 111 Å². The van der Waals surface area contributed by atoms with Crippen molar-refractivity contribution in [2.24, 2.45) is 0 Å². The number of nitrogens with two attached hydrogens (primary N) is 1. The molecule has 0 aliphatic heterocycles. The van der Waals surface area contributed by atoms with Crippen molar-refractivity contribution in [2.45, 2.75) is 6.42 Å². The summed E-state index contributed by atoms with van der Waals surface area (Å²) >= 11 is 0. The van der Waals surface area contributed by atoms with Gasteiger partial charge in [-0.1, -0.05) is 18.2 Å². The van der Waals surface area contributed by atoms with E-state index in [2.05, 4.69) is 0 Å². The summed E-state index contributed by atoms with van der Waals surface area (Å²) < 4.78 is 5.31. The zero-order chi connectivity index (χ0) is 13.8. The summed E-state index contributed by atoms with van der Waals surface area (Å²) in [6.45, 7) is 0. The molecule has 0 aromatic heterocycles. The molecule has 0 fully saturated rings. The summed E-state index contributed by atoms with van der Waals surface area (Å²) in [6.07, 6.45) is -0.0146. The lowest BCUT2D eigenvalue weighted by atomic mass is 10.00. The van der Waals surface area contributed by atoms with Gasteiger partial charge in [-0.2, -0.15) is 0 Å². The van der Waals surface area contributed by atoms with E-state index in [1.165, 1.54) is 0 Å². The minimum absolute atomic E-state index is 0.0146. The highest BCUT2D eigenvalue weighted by atomic mass is 16.5. The molecule has 0 bridgehead atoms. The van der Waals surface area contributed by atoms with Gasteiger partial charge in [0.15, 0.2) is 0 Å². The van der Waals surface area contributed by atoms with Gasteiger partial charge in [-0.3, -0.25) is 4.79 Å². The maximum absolute atomic E-state index is 10.8. The van der Waals surface area contributed by atoms with Crippen LogP contribution in [0.5, 0.6) is 5.75 Å². The van der Waals surface area contributed by atoms with Gasteiger partial charge in [0.05, 0.1) is 13.5 Å². The Morgan fingerprint density at radius 2 is 2.05 bits per heavy atom. The minimum atomic E-state index is -0.858. The number of hydrogen-bond donors (Lipinski definition) is 2. The molecule has 0 heterocycles. The van der Waals surface area contributed by atoms with Crippen molar-refractivity contribution in [1.29, 1.82) is 0 Å². The molecule has 0 saturated heterocycles. The number of methoxy groups -OCH3 is 1. The molecular formula is C15H15NO3. The van der Waals surface area contributed by atoms with Crippen molar-refractivity contribution in [1.82, 2.24) is 0 Å². The van der Waals surface area contributed by atoms with Crippen LogP contribution in [0.25, 0.3) is 11.1 Å². The minimum Gasteiger partial charge on any atom is -0.496 e. The highest BCUT2D eigenvalue weighted by Gasteiger charge is 2.09. The second-order valence-electron chi connectivity index (χ2n) is 4.23. The summed E-state index contributed by atoms with van der Waals surface area (Å²) in [5, 5.41) is 8.85. The average molecular weight is 257 g/mol. The lowest BCUT2D eigenvalue weighted by Crippen LogP contribution is -2.00. The van der Waals surface area contributed by atoms with Crippen LogP contribution in [0.15, 0.2) is 42.5 Å². The van der Waals surface area contributed by atoms with Crippen molar-refractivity contribution in [3.8, 4) is 16.9 Å². The van der Waals surface area contributed by atoms with Crippen molar-refractivity contribution < 1.29 is 14.6 Å². The number of anilines is 1. The molecule has 0 aliphatic rings. The highest BCUT2D eigenvalue weighted by Crippen LogP contribution is 2.32. The molecule has 2 rings (SSSR count). The number of carboxylic acid groups (broad SMARTS) is 1. The molecule has 0 spiro atoms. The first-order chi connectivity index (χ1) is 9.10. The summed E-state index contributed by atoms with van der Waals surface area (Å²) in [7, 11) is 1.59. The van der Waals surface area contributed by atoms with E-state index in [-0.39, 0.29) is 6.42 Å². The van der Waals surface area contributed by atoms with Gasteiger partial charge in [-0.15, -0.1) is 0 Å². The Morgan fingerprint density at radius 3 is 2.68 bits per heavy atom. The van der Waals surface area contributed by atoms with Crippen LogP contribution in [0.3, 0.4) is 0 Å². The molecule has 0 atom stereocenters. The van der Waals surface area contributed by atoms with Gasteiger partial charge >= 0.3 is 5.97 Å². The first-order valence-electron chi connectivity index (χ1n) is 5.85. The number of hydrogen-bond acceptors (Lipinski definition) is 3. The van der Waals surface area contributed by atoms with Crippen LogP contribution >= 0.6 is 0 Å². The highest BCUT2D eigenvalue weighted by molar-refractivity contribution is 5.76. The van der Waals surface area contributed by atoms with Crippen molar-refractivity contribution in [3.63, 3.8) is 0 Å². The SMILES string of the molecule is COc1ccc(CC(=O)O)cc1-c1cccc(N)c1. The molecule has 2 aromatic rings. The van der Waals surface area contributed by atoms with Gasteiger partial charge < -0.3 is 15.6 Å². The average Bonchev–Trinajstić information content (AvgIpc) is 2.38. The van der Waals surface area contributed by atoms with Crippen LogP contribution in [0.4, 0.5) is 5.69 Å². The topological polar surface area (TPSA) is 72.5 Å². The third-order valence-corrected chi connectivity index (χ3v) is 2.82. The van der Waals surface area contributed by atoms with E-state index in [4.69, 9.17) is 15.6 Å². The van der Waals surface area contributed by atoms with Gasteiger partial charge in [0.1, 0.15) is 5.75 Å². The maximum atomic E-state index is 10.8. The number of rotatable bonds is 4. The van der Waals surface area contributed by atoms with Gasteiger partial charge in [0.2, 0.25) is 0 Å². The Balaban J connectivity index is 2.49. The zero-order valence-electron chi connectivity index (χ0n) is 10.6. The van der Waals surface area contributed by atoms with Crippen LogP contribution in [0, 0.1) is 0 Å². The summed E-state index contributed by atoms with van der Waals surface area (Å²) in [5.74, 6) is -0.163. The van der Waals surface area contributed by atoms with Crippen molar-refractivity contribution in [2.75, 3.05) is 12.8 Å². The molecule has 98 valence electrons. The summed E-state index contributed by atoms with van der Waals surface area (Å²) in [5.41, 5.74) is 8.90. The summed E-state index contributed by atoms with van der Waals surface area (Å²) in [6, 6.07) is 12.8. The third-order valence-electron chi connectivity index (χ3n) is 2.82. The predicted molar refractivity (Wildman–Crippen MR) is 74.2 cm³/mol. The third kappa shape index (κ3) is 3.04. The number of ether oxygens (including phenoxy) is 1. The maximum Gasteiger partial charge on any atom is 0.307 e. The quantitative estimate of drug-likeness (QED) is 0.826. The first-order valence-corrected chi connectivity index (χ1v) is 5.85. The molecule has 0 amide bonds. The molecule has 0 saturated carbocycles. The van der Waals surface area contributed by atoms with Crippen LogP contribution in [-0.4, -0.2) is 18.2 Å². The number of aliphatic carboxylic acids is 1. The number of benzene rings is 2. The fourth-order valence-corrected chi connectivity index (χ4v) is 1.97. The van der Waals surface area contributed by atoms with Crippen LogP contribution in [0.2, 0.25) is 0 Å². The van der Waals surface area contributed by atoms with E-state index in [1.54, 1.807) is 25.3 Å². The number of nitrogen functional groups attached to an aromatic ring is 1. The molecule has 0 aliphatic carbocycles. The van der Waals surface area contributed by atoms with Gasteiger partial charge in [0.25, 0.3) is 0 Å². The molecule has 19 heavy (non-hydrogen) atoms. The molecule has 0 unspecified atom stereocenters. The lowest BCUT2D eigenvalue weighted by molar-refractivity contribution is -0.136. The van der Waals surface area contributed by atoms with Crippen molar-refractivity contribution >= 4 is 11.7 Å². The fraction of sp³-hybridized carbons (Fsp3) is 0.133. The van der Waals surface area contributed by atoms with E-state index in [9.17, 15) is 4.79 Å². The zero-order valence-corrected chi connectivity index (χ0v) is 10.6.